The fourth-order valence-electron chi connectivity index (χ4n) is 4.22. The van der Waals surface area contributed by atoms with Gasteiger partial charge in [0.05, 0.1) is 25.3 Å². The fourth-order valence-corrected chi connectivity index (χ4v) is 6.60. The van der Waals surface area contributed by atoms with E-state index in [2.05, 4.69) is 52.6 Å². The van der Waals surface area contributed by atoms with Crippen LogP contribution in [0.15, 0.2) is 24.3 Å². The molecule has 198 valence electrons. The summed E-state index contributed by atoms with van der Waals surface area (Å²) in [6.45, 7) is 14.0. The Balaban J connectivity index is 2.26. The van der Waals surface area contributed by atoms with Gasteiger partial charge in [0.2, 0.25) is 0 Å². The molecule has 0 atom stereocenters. The van der Waals surface area contributed by atoms with Crippen LogP contribution in [-0.2, 0) is 37.9 Å². The third kappa shape index (κ3) is 7.53. The normalized spacial score (nSPS) is 13.0. The Labute approximate surface area is 221 Å². The summed E-state index contributed by atoms with van der Waals surface area (Å²) >= 11 is 0. The van der Waals surface area contributed by atoms with Gasteiger partial charge in [0.1, 0.15) is 5.75 Å². The Kier molecular flexibility index (Phi) is 10.8. The zero-order valence-corrected chi connectivity index (χ0v) is 26.7. The van der Waals surface area contributed by atoms with E-state index in [0.717, 1.165) is 38.5 Å². The summed E-state index contributed by atoms with van der Waals surface area (Å²) in [4.78, 5) is 15.0. The largest absolute Gasteiger partial charge is 0.479 e. The Morgan fingerprint density at radius 2 is 1.36 bits per heavy atom. The number of carboxylic acid groups (broad SMARTS) is 1. The lowest BCUT2D eigenvalue weighted by Crippen LogP contribution is -2.16. The van der Waals surface area contributed by atoms with Gasteiger partial charge in [-0.3, -0.25) is 0 Å². The Morgan fingerprint density at radius 1 is 0.833 bits per heavy atom. The molecule has 2 N–H and O–H groups in total. The van der Waals surface area contributed by atoms with Crippen molar-refractivity contribution in [3.05, 3.63) is 41.0 Å². The highest BCUT2D eigenvalue weighted by molar-refractivity contribution is 6.29. The molecule has 1 aromatic heterocycles. The first-order valence-electron chi connectivity index (χ1n) is 12.8. The molecule has 10 heteroatoms. The van der Waals surface area contributed by atoms with Crippen LogP contribution >= 0.6 is 0 Å². The number of aliphatic carboxylic acids is 1. The molecule has 0 saturated heterocycles. The number of para-hydroxylation sites is 1. The zero-order valence-electron chi connectivity index (χ0n) is 22.5. The highest BCUT2D eigenvalue weighted by Crippen LogP contribution is 2.41. The number of aromatic nitrogens is 1. The summed E-state index contributed by atoms with van der Waals surface area (Å²) in [5, 5.41) is 11.5. The summed E-state index contributed by atoms with van der Waals surface area (Å²) in [6, 6.07) is 8.14. The second kappa shape index (κ2) is 13.5. The van der Waals surface area contributed by atoms with Crippen LogP contribution in [0.4, 0.5) is 0 Å². The van der Waals surface area contributed by atoms with Crippen molar-refractivity contribution in [1.82, 2.24) is 4.98 Å². The molecule has 3 aromatic rings. The van der Waals surface area contributed by atoms with Gasteiger partial charge in [0, 0.05) is 21.9 Å². The van der Waals surface area contributed by atoms with E-state index in [1.54, 1.807) is 0 Å². The number of carboxylic acids is 1. The van der Waals surface area contributed by atoms with Crippen molar-refractivity contribution < 1.29 is 27.9 Å². The molecule has 3 rings (SSSR count). The number of hydrogen-bond acceptors (Lipinski definition) is 5. The molecule has 0 aliphatic carbocycles. The number of carbonyl (C=O) groups is 1. The third-order valence-corrected chi connectivity index (χ3v) is 8.99. The van der Waals surface area contributed by atoms with Gasteiger partial charge >= 0.3 is 5.97 Å². The maximum atomic E-state index is 11.5. The molecule has 0 unspecified atom stereocenters. The first-order valence-corrected chi connectivity index (χ1v) is 17.0. The van der Waals surface area contributed by atoms with Crippen LogP contribution in [0.1, 0.15) is 58.2 Å². The van der Waals surface area contributed by atoms with Crippen molar-refractivity contribution in [2.45, 2.75) is 78.0 Å². The molecule has 0 aliphatic heterocycles. The van der Waals surface area contributed by atoms with Crippen molar-refractivity contribution >= 4 is 57.1 Å². The van der Waals surface area contributed by atoms with Gasteiger partial charge in [-0.15, -0.1) is 0 Å². The summed E-state index contributed by atoms with van der Waals surface area (Å²) < 4.78 is 24.9. The van der Waals surface area contributed by atoms with E-state index >= 15 is 0 Å². The number of H-pyrrole nitrogens is 1. The highest BCUT2D eigenvalue weighted by atomic mass is 28.2. The maximum Gasteiger partial charge on any atom is 0.341 e. The summed E-state index contributed by atoms with van der Waals surface area (Å²) in [6.07, 6.45) is 0. The first kappa shape index (κ1) is 28.6. The van der Waals surface area contributed by atoms with E-state index < -0.39 is 41.9 Å². The first-order chi connectivity index (χ1) is 17.2. The second-order valence-corrected chi connectivity index (χ2v) is 17.7. The van der Waals surface area contributed by atoms with Gasteiger partial charge in [-0.1, -0.05) is 59.7 Å². The highest BCUT2D eigenvalue weighted by Gasteiger charge is 2.25. The molecule has 0 fully saturated rings. The molecule has 0 spiro atoms. The molecule has 0 amide bonds. The van der Waals surface area contributed by atoms with E-state index in [0.29, 0.717) is 42.2 Å². The Hall–Kier alpha value is -1.96. The lowest BCUT2D eigenvalue weighted by Gasteiger charge is -2.22. The number of aromatic amines is 1. The molecule has 7 nitrogen and oxygen atoms in total. The van der Waals surface area contributed by atoms with Gasteiger partial charge in [-0.25, -0.2) is 4.79 Å². The third-order valence-electron chi connectivity index (χ3n) is 5.67. The minimum atomic E-state index is -1.01. The van der Waals surface area contributed by atoms with Crippen LogP contribution < -0.4 is 4.74 Å². The number of ether oxygens (including phenoxy) is 1. The predicted molar refractivity (Wildman–Crippen MR) is 154 cm³/mol. The molecule has 1 heterocycles. The Morgan fingerprint density at radius 3 is 1.92 bits per heavy atom. The minimum Gasteiger partial charge on any atom is -0.479 e. The number of benzene rings is 2. The minimum absolute atomic E-state index is 0.376. The van der Waals surface area contributed by atoms with Crippen molar-refractivity contribution in [3.63, 3.8) is 0 Å². The van der Waals surface area contributed by atoms with Crippen LogP contribution in [-0.4, -0.2) is 52.0 Å². The fraction of sp³-hybridized carbons (Fsp3) is 0.500. The van der Waals surface area contributed by atoms with Gasteiger partial charge in [0.15, 0.2) is 35.9 Å². The van der Waals surface area contributed by atoms with Crippen molar-refractivity contribution in [2.75, 3.05) is 6.61 Å². The molecule has 0 saturated carbocycles. The van der Waals surface area contributed by atoms with Gasteiger partial charge in [-0.2, -0.15) is 0 Å². The Bertz CT molecular complexity index is 1160. The summed E-state index contributed by atoms with van der Waals surface area (Å²) in [5.41, 5.74) is 6.38. The second-order valence-electron chi connectivity index (χ2n) is 10.6. The summed E-state index contributed by atoms with van der Waals surface area (Å²) in [5.74, 6) is -0.459. The molecule has 2 aromatic carbocycles. The van der Waals surface area contributed by atoms with E-state index in [-0.39, 0.29) is 0 Å². The van der Waals surface area contributed by atoms with Crippen LogP contribution in [0.3, 0.4) is 0 Å². The molecule has 36 heavy (non-hydrogen) atoms. The van der Waals surface area contributed by atoms with Gasteiger partial charge in [0.25, 0.3) is 0 Å². The molecule has 0 bridgehead atoms. The van der Waals surface area contributed by atoms with Gasteiger partial charge < -0.3 is 28.1 Å². The maximum absolute atomic E-state index is 11.5. The topological polar surface area (TPSA) is 90.0 Å². The number of hydrogen-bond donors (Lipinski definition) is 2. The van der Waals surface area contributed by atoms with Crippen LogP contribution in [0.2, 0.25) is 16.6 Å². The van der Waals surface area contributed by atoms with Gasteiger partial charge in [-0.05, 0) is 33.8 Å². The van der Waals surface area contributed by atoms with Crippen molar-refractivity contribution in [1.29, 1.82) is 0 Å². The predicted octanol–water partition coefficient (Wildman–Crippen LogP) is 4.07. The van der Waals surface area contributed by atoms with Crippen molar-refractivity contribution in [3.8, 4) is 5.75 Å². The van der Waals surface area contributed by atoms with Crippen LogP contribution in [0.5, 0.6) is 5.75 Å². The summed E-state index contributed by atoms with van der Waals surface area (Å²) in [7, 11) is -2.15. The van der Waals surface area contributed by atoms with E-state index in [1.165, 1.54) is 0 Å². The lowest BCUT2D eigenvalue weighted by molar-refractivity contribution is -0.139. The monoisotopic (exact) mass is 547 g/mol. The smallest absolute Gasteiger partial charge is 0.341 e. The SMILES string of the molecule is CC(C)[SiH2]OCc1c(CO[SiH2]C(C)C)c(CO[SiH2]C(C)C)c2c([nH]c3ccccc32)c1OCC(=O)O. The van der Waals surface area contributed by atoms with E-state index in [4.69, 9.17) is 18.0 Å². The molecular weight excluding hydrogens is 507 g/mol. The lowest BCUT2D eigenvalue weighted by atomic mass is 9.95. The quantitative estimate of drug-likeness (QED) is 0.279. The number of fused-ring (bicyclic) bond motifs is 3. The standard InChI is InChI=1S/C26H41NO6Si3/c1-15(2)34-31-11-19-20(12-32-35-16(3)4)24-18-9-7-8-10-22(18)27-25(24)26(30-14-23(28)29)21(19)13-33-36-17(5)6/h7-10,15-17,27H,11-14,34-36H2,1-6H3,(H,28,29). The molecule has 0 aliphatic rings. The zero-order chi connectivity index (χ0) is 26.2. The average molecular weight is 548 g/mol. The number of rotatable bonds is 15. The molecule has 0 radical (unpaired) electrons. The van der Waals surface area contributed by atoms with Crippen LogP contribution in [0, 0.1) is 0 Å². The molecular formula is C26H41NO6Si3. The average Bonchev–Trinajstić information content (AvgIpc) is 3.18. The van der Waals surface area contributed by atoms with Crippen LogP contribution in [0.25, 0.3) is 21.8 Å². The van der Waals surface area contributed by atoms with E-state index in [1.807, 2.05) is 18.2 Å². The van der Waals surface area contributed by atoms with E-state index in [9.17, 15) is 9.90 Å². The number of nitrogens with one attached hydrogen (secondary N) is 1. The van der Waals surface area contributed by atoms with Crippen molar-refractivity contribution in [2.24, 2.45) is 0 Å².